The highest BCUT2D eigenvalue weighted by Crippen LogP contribution is 2.28. The Morgan fingerprint density at radius 1 is 1.00 bits per heavy atom. The molecule has 7 heteroatoms. The van der Waals surface area contributed by atoms with Crippen molar-refractivity contribution in [2.75, 3.05) is 41.3 Å². The van der Waals surface area contributed by atoms with Crippen LogP contribution >= 0.6 is 0 Å². The molecule has 0 saturated carbocycles. The number of benzene rings is 1. The maximum absolute atomic E-state index is 12.6. The number of rotatable bonds is 5. The number of aromatic nitrogens is 1. The van der Waals surface area contributed by atoms with Gasteiger partial charge in [0.2, 0.25) is 0 Å². The van der Waals surface area contributed by atoms with Crippen LogP contribution in [0, 0.1) is 0 Å². The van der Waals surface area contributed by atoms with Crippen molar-refractivity contribution in [1.82, 2.24) is 10.3 Å². The number of morpholine rings is 1. The average molecular weight is 438 g/mol. The van der Waals surface area contributed by atoms with Gasteiger partial charge in [-0.15, -0.1) is 0 Å². The van der Waals surface area contributed by atoms with Crippen LogP contribution in [0.3, 0.4) is 0 Å². The van der Waals surface area contributed by atoms with Crippen LogP contribution in [0.25, 0.3) is 0 Å². The summed E-state index contributed by atoms with van der Waals surface area (Å²) >= 11 is 0. The van der Waals surface area contributed by atoms with Gasteiger partial charge in [-0.3, -0.25) is 0 Å². The van der Waals surface area contributed by atoms with Gasteiger partial charge in [-0.25, -0.2) is 9.78 Å². The minimum absolute atomic E-state index is 0.158. The molecule has 1 aromatic heterocycles. The number of urea groups is 1. The Balaban J connectivity index is 1.32. The average Bonchev–Trinajstić information content (AvgIpc) is 3.07. The zero-order chi connectivity index (χ0) is 22.3. The van der Waals surface area contributed by atoms with Crippen molar-refractivity contribution in [3.8, 4) is 0 Å². The number of anilines is 3. The lowest BCUT2D eigenvalue weighted by Crippen LogP contribution is -2.45. The van der Waals surface area contributed by atoms with E-state index in [9.17, 15) is 4.79 Å². The summed E-state index contributed by atoms with van der Waals surface area (Å²) in [5.41, 5.74) is 2.82. The normalized spacial score (nSPS) is 21.7. The Morgan fingerprint density at radius 3 is 2.41 bits per heavy atom. The number of carbonyl (C=O) groups is 1. The van der Waals surface area contributed by atoms with Gasteiger partial charge in [-0.2, -0.15) is 0 Å². The molecule has 2 aromatic rings. The van der Waals surface area contributed by atoms with E-state index in [0.29, 0.717) is 6.54 Å². The summed E-state index contributed by atoms with van der Waals surface area (Å²) in [5.74, 6) is 1.03. The summed E-state index contributed by atoms with van der Waals surface area (Å²) in [4.78, 5) is 21.9. The van der Waals surface area contributed by atoms with Crippen molar-refractivity contribution in [2.24, 2.45) is 0 Å². The van der Waals surface area contributed by atoms with Crippen LogP contribution in [0.2, 0.25) is 0 Å². The minimum Gasteiger partial charge on any atom is -0.372 e. The van der Waals surface area contributed by atoms with Crippen molar-refractivity contribution in [3.63, 3.8) is 0 Å². The molecule has 4 rings (SSSR count). The predicted molar refractivity (Wildman–Crippen MR) is 129 cm³/mol. The van der Waals surface area contributed by atoms with Gasteiger partial charge in [0.05, 0.1) is 23.6 Å². The smallest absolute Gasteiger partial charge is 0.319 e. The van der Waals surface area contributed by atoms with Crippen LogP contribution in [0.4, 0.5) is 22.0 Å². The zero-order valence-electron chi connectivity index (χ0n) is 19.2. The van der Waals surface area contributed by atoms with Crippen molar-refractivity contribution >= 4 is 23.2 Å². The maximum atomic E-state index is 12.6. The number of ether oxygens (including phenoxy) is 1. The Labute approximate surface area is 191 Å². The number of carbonyl (C=O) groups excluding carboxylic acids is 1. The minimum atomic E-state index is -0.219. The van der Waals surface area contributed by atoms with Crippen LogP contribution in [0.5, 0.6) is 0 Å². The number of amides is 2. The van der Waals surface area contributed by atoms with Crippen molar-refractivity contribution in [2.45, 2.75) is 58.3 Å². The van der Waals surface area contributed by atoms with Crippen LogP contribution < -0.4 is 20.4 Å². The lowest BCUT2D eigenvalue weighted by molar-refractivity contribution is -0.00517. The number of nitrogens with zero attached hydrogens (tertiary/aromatic N) is 3. The second-order valence-electron chi connectivity index (χ2n) is 8.91. The van der Waals surface area contributed by atoms with Crippen molar-refractivity contribution in [1.29, 1.82) is 0 Å². The van der Waals surface area contributed by atoms with Gasteiger partial charge in [0.15, 0.2) is 0 Å². The van der Waals surface area contributed by atoms with E-state index < -0.39 is 0 Å². The van der Waals surface area contributed by atoms with E-state index in [-0.39, 0.29) is 18.2 Å². The summed E-state index contributed by atoms with van der Waals surface area (Å²) in [5, 5.41) is 5.97. The molecule has 2 unspecified atom stereocenters. The van der Waals surface area contributed by atoms with Gasteiger partial charge in [-0.1, -0.05) is 31.0 Å². The van der Waals surface area contributed by atoms with E-state index in [4.69, 9.17) is 4.74 Å². The fraction of sp³-hybridized carbons (Fsp3) is 0.520. The third kappa shape index (κ3) is 5.91. The number of hydrogen-bond donors (Lipinski definition) is 2. The summed E-state index contributed by atoms with van der Waals surface area (Å²) < 4.78 is 5.85. The number of nitrogens with one attached hydrogen (secondary N) is 2. The molecule has 2 aliphatic heterocycles. The molecular weight excluding hydrogens is 402 g/mol. The van der Waals surface area contributed by atoms with E-state index >= 15 is 0 Å². The highest BCUT2D eigenvalue weighted by molar-refractivity contribution is 5.93. The molecule has 2 atom stereocenters. The number of hydrogen-bond acceptors (Lipinski definition) is 5. The monoisotopic (exact) mass is 437 g/mol. The molecule has 32 heavy (non-hydrogen) atoms. The molecule has 2 amide bonds. The lowest BCUT2D eigenvalue weighted by atomic mass is 10.1. The van der Waals surface area contributed by atoms with Crippen molar-refractivity contribution < 1.29 is 9.53 Å². The molecule has 172 valence electrons. The molecule has 2 aliphatic rings. The Kier molecular flexibility index (Phi) is 7.47. The van der Waals surface area contributed by atoms with Crippen LogP contribution in [0.15, 0.2) is 42.6 Å². The fourth-order valence-corrected chi connectivity index (χ4v) is 4.59. The molecule has 2 N–H and O–H groups in total. The van der Waals surface area contributed by atoms with E-state index in [1.54, 1.807) is 0 Å². The molecule has 1 aromatic carbocycles. The molecule has 0 bridgehead atoms. The Hall–Kier alpha value is -2.80. The fourth-order valence-electron chi connectivity index (χ4n) is 4.59. The first-order valence-electron chi connectivity index (χ1n) is 11.8. The van der Waals surface area contributed by atoms with Gasteiger partial charge < -0.3 is 25.2 Å². The first-order chi connectivity index (χ1) is 15.6. The molecule has 0 aliphatic carbocycles. The van der Waals surface area contributed by atoms with Crippen LogP contribution in [0.1, 0.15) is 45.1 Å². The summed E-state index contributed by atoms with van der Waals surface area (Å²) in [6, 6.07) is 11.8. The lowest BCUT2D eigenvalue weighted by Gasteiger charge is -2.37. The third-order valence-electron chi connectivity index (χ3n) is 6.10. The highest BCUT2D eigenvalue weighted by Gasteiger charge is 2.24. The quantitative estimate of drug-likeness (QED) is 0.726. The highest BCUT2D eigenvalue weighted by atomic mass is 16.5. The van der Waals surface area contributed by atoms with Crippen LogP contribution in [-0.2, 0) is 11.3 Å². The Morgan fingerprint density at radius 2 is 1.72 bits per heavy atom. The number of pyridine rings is 1. The molecule has 2 fully saturated rings. The molecule has 7 nitrogen and oxygen atoms in total. The van der Waals surface area contributed by atoms with Gasteiger partial charge in [-0.05, 0) is 50.5 Å². The van der Waals surface area contributed by atoms with Crippen molar-refractivity contribution in [3.05, 3.63) is 48.2 Å². The van der Waals surface area contributed by atoms with E-state index in [2.05, 4.69) is 51.4 Å². The largest absolute Gasteiger partial charge is 0.372 e. The summed E-state index contributed by atoms with van der Waals surface area (Å²) in [6.07, 6.45) is 7.26. The van der Waals surface area contributed by atoms with Gasteiger partial charge in [0, 0.05) is 38.9 Å². The summed E-state index contributed by atoms with van der Waals surface area (Å²) in [7, 11) is 0. The second-order valence-corrected chi connectivity index (χ2v) is 8.91. The molecular formula is C25H35N5O2. The third-order valence-corrected chi connectivity index (χ3v) is 6.10. The number of para-hydroxylation sites is 2. The maximum Gasteiger partial charge on any atom is 0.319 e. The van der Waals surface area contributed by atoms with Gasteiger partial charge in [0.1, 0.15) is 5.82 Å². The van der Waals surface area contributed by atoms with E-state index in [1.165, 1.54) is 25.7 Å². The van der Waals surface area contributed by atoms with Crippen LogP contribution in [-0.4, -0.2) is 49.4 Å². The van der Waals surface area contributed by atoms with Gasteiger partial charge in [0.25, 0.3) is 0 Å². The molecule has 3 heterocycles. The topological polar surface area (TPSA) is 69.7 Å². The summed E-state index contributed by atoms with van der Waals surface area (Å²) in [6.45, 7) is 8.36. The molecule has 2 saturated heterocycles. The predicted octanol–water partition coefficient (Wildman–Crippen LogP) is 4.40. The zero-order valence-corrected chi connectivity index (χ0v) is 19.2. The molecule has 0 radical (unpaired) electrons. The van der Waals surface area contributed by atoms with Gasteiger partial charge >= 0.3 is 6.03 Å². The second kappa shape index (κ2) is 10.7. The molecule has 0 spiro atoms. The Bertz CT molecular complexity index is 870. The first-order valence-corrected chi connectivity index (χ1v) is 11.8. The first kappa shape index (κ1) is 22.4. The van der Waals surface area contributed by atoms with E-state index in [0.717, 1.165) is 48.9 Å². The standard InChI is InChI=1S/C25H35N5O2/c1-19-17-30(18-20(2)32-19)23-10-6-5-9-22(23)28-25(31)27-16-21-11-12-24(26-15-21)29-13-7-3-4-8-14-29/h5-6,9-12,15,19-20H,3-4,7-8,13-14,16-18H2,1-2H3,(H2,27,28,31). The SMILES string of the molecule is CC1CN(c2ccccc2NC(=O)NCc2ccc(N3CCCCCC3)nc2)CC(C)O1. The van der Waals surface area contributed by atoms with E-state index in [1.807, 2.05) is 30.5 Å².